The maximum absolute atomic E-state index is 12.8. The number of nitrogens with zero attached hydrogens (tertiary/aromatic N) is 6. The highest BCUT2D eigenvalue weighted by atomic mass is 19.4. The molecule has 3 aromatic rings. The van der Waals surface area contributed by atoms with Crippen LogP contribution in [0.1, 0.15) is 23.4 Å². The number of halogens is 3. The second-order valence-electron chi connectivity index (χ2n) is 5.86. The summed E-state index contributed by atoms with van der Waals surface area (Å²) in [5, 5.41) is 8.42. The van der Waals surface area contributed by atoms with Gasteiger partial charge in [-0.1, -0.05) is 0 Å². The van der Waals surface area contributed by atoms with E-state index in [1.165, 1.54) is 7.05 Å². The van der Waals surface area contributed by atoms with E-state index in [9.17, 15) is 18.0 Å². The van der Waals surface area contributed by atoms with E-state index in [1.54, 1.807) is 48.0 Å². The van der Waals surface area contributed by atoms with E-state index in [1.807, 2.05) is 0 Å². The van der Waals surface area contributed by atoms with Gasteiger partial charge in [0.1, 0.15) is 23.5 Å². The molecule has 0 aliphatic heterocycles. The van der Waals surface area contributed by atoms with E-state index in [0.29, 0.717) is 11.6 Å². The third-order valence-corrected chi connectivity index (χ3v) is 3.92. The summed E-state index contributed by atoms with van der Waals surface area (Å²) in [4.78, 5) is 20.9. The van der Waals surface area contributed by atoms with E-state index < -0.39 is 23.9 Å². The van der Waals surface area contributed by atoms with Crippen LogP contribution in [0.5, 0.6) is 0 Å². The quantitative estimate of drug-likeness (QED) is 0.720. The number of imidazole rings is 2. The molecule has 2 amide bonds. The Balaban J connectivity index is 1.83. The molecule has 0 bridgehead atoms. The molecule has 0 aliphatic rings. The maximum atomic E-state index is 12.8. The highest BCUT2D eigenvalue weighted by Gasteiger charge is 2.35. The van der Waals surface area contributed by atoms with Crippen molar-refractivity contribution >= 4 is 11.8 Å². The Bertz CT molecular complexity index is 914. The first-order valence-electron chi connectivity index (χ1n) is 7.80. The van der Waals surface area contributed by atoms with Gasteiger partial charge in [-0.15, -0.1) is 0 Å². The Hall–Kier alpha value is -3.31. The first-order valence-corrected chi connectivity index (χ1v) is 7.80. The average Bonchev–Trinajstić information content (AvgIpc) is 3.27. The number of nitrogens with one attached hydrogen (secondary N) is 2. The van der Waals surface area contributed by atoms with Gasteiger partial charge < -0.3 is 14.5 Å². The van der Waals surface area contributed by atoms with Crippen molar-refractivity contribution in [1.29, 1.82) is 0 Å². The van der Waals surface area contributed by atoms with Gasteiger partial charge in [0.25, 0.3) is 0 Å². The molecule has 0 saturated carbocycles. The standard InChI is InChI=1S/C15H17F3N8O/c1-24-6-4-19-12(24)11(13-20-5-7-25(13)2)22-14(27)21-10-8-9(15(16,17)18)23-26(10)3/h4-8,11H,1-3H3,(H2,21,22,27). The Morgan fingerprint density at radius 2 is 1.63 bits per heavy atom. The zero-order chi connectivity index (χ0) is 19.8. The van der Waals surface area contributed by atoms with Gasteiger partial charge in [-0.3, -0.25) is 10.00 Å². The minimum absolute atomic E-state index is 0.0988. The molecule has 0 radical (unpaired) electrons. The molecule has 3 aromatic heterocycles. The number of hydrogen-bond donors (Lipinski definition) is 2. The van der Waals surface area contributed by atoms with Gasteiger partial charge in [-0.2, -0.15) is 18.3 Å². The largest absolute Gasteiger partial charge is 0.435 e. The summed E-state index contributed by atoms with van der Waals surface area (Å²) in [6, 6.07) is -0.668. The first-order chi connectivity index (χ1) is 12.7. The highest BCUT2D eigenvalue weighted by Crippen LogP contribution is 2.29. The van der Waals surface area contributed by atoms with Crippen LogP contribution >= 0.6 is 0 Å². The second kappa shape index (κ2) is 6.78. The van der Waals surface area contributed by atoms with E-state index >= 15 is 0 Å². The number of amides is 2. The summed E-state index contributed by atoms with van der Waals surface area (Å²) >= 11 is 0. The topological polar surface area (TPSA) is 94.6 Å². The van der Waals surface area contributed by atoms with Crippen LogP contribution in [-0.4, -0.2) is 34.9 Å². The lowest BCUT2D eigenvalue weighted by Gasteiger charge is -2.18. The van der Waals surface area contributed by atoms with Crippen molar-refractivity contribution in [2.75, 3.05) is 5.32 Å². The fourth-order valence-electron chi connectivity index (χ4n) is 2.56. The molecule has 3 heterocycles. The van der Waals surface area contributed by atoms with Gasteiger partial charge in [0.2, 0.25) is 0 Å². The third kappa shape index (κ3) is 3.78. The van der Waals surface area contributed by atoms with Crippen LogP contribution in [0.3, 0.4) is 0 Å². The molecule has 144 valence electrons. The second-order valence-corrected chi connectivity index (χ2v) is 5.86. The van der Waals surface area contributed by atoms with Crippen molar-refractivity contribution in [2.24, 2.45) is 21.1 Å². The number of urea groups is 1. The highest BCUT2D eigenvalue weighted by molar-refractivity contribution is 5.88. The van der Waals surface area contributed by atoms with Gasteiger partial charge >= 0.3 is 12.2 Å². The van der Waals surface area contributed by atoms with Crippen molar-refractivity contribution < 1.29 is 18.0 Å². The van der Waals surface area contributed by atoms with E-state index in [4.69, 9.17) is 0 Å². The Morgan fingerprint density at radius 3 is 2.04 bits per heavy atom. The number of hydrogen-bond acceptors (Lipinski definition) is 4. The Labute approximate surface area is 151 Å². The zero-order valence-electron chi connectivity index (χ0n) is 14.7. The monoisotopic (exact) mass is 382 g/mol. The lowest BCUT2D eigenvalue weighted by molar-refractivity contribution is -0.141. The average molecular weight is 382 g/mol. The molecular weight excluding hydrogens is 365 g/mol. The fraction of sp³-hybridized carbons (Fsp3) is 0.333. The van der Waals surface area contributed by atoms with Crippen LogP contribution in [0.15, 0.2) is 30.9 Å². The lowest BCUT2D eigenvalue weighted by atomic mass is 10.2. The van der Waals surface area contributed by atoms with Gasteiger partial charge in [-0.05, 0) is 0 Å². The minimum atomic E-state index is -4.60. The Kier molecular flexibility index (Phi) is 4.64. The number of aromatic nitrogens is 6. The smallest absolute Gasteiger partial charge is 0.336 e. The summed E-state index contributed by atoms with van der Waals surface area (Å²) in [5.41, 5.74) is -1.09. The Morgan fingerprint density at radius 1 is 1.07 bits per heavy atom. The lowest BCUT2D eigenvalue weighted by Crippen LogP contribution is -2.36. The molecule has 9 nitrogen and oxygen atoms in total. The third-order valence-electron chi connectivity index (χ3n) is 3.92. The molecule has 0 unspecified atom stereocenters. The van der Waals surface area contributed by atoms with Gasteiger partial charge in [0, 0.05) is 52.0 Å². The van der Waals surface area contributed by atoms with Crippen molar-refractivity contribution in [1.82, 2.24) is 34.2 Å². The fourth-order valence-corrected chi connectivity index (χ4v) is 2.56. The molecule has 0 saturated heterocycles. The summed E-state index contributed by atoms with van der Waals surface area (Å²) in [5.74, 6) is 0.930. The van der Waals surface area contributed by atoms with E-state index in [0.717, 1.165) is 10.7 Å². The van der Waals surface area contributed by atoms with Crippen molar-refractivity contribution in [3.05, 3.63) is 48.2 Å². The maximum Gasteiger partial charge on any atom is 0.435 e. The molecule has 0 atom stereocenters. The van der Waals surface area contributed by atoms with Gasteiger partial charge in [-0.25, -0.2) is 14.8 Å². The predicted octanol–water partition coefficient (Wildman–Crippen LogP) is 1.82. The number of aryl methyl sites for hydroxylation is 3. The summed E-state index contributed by atoms with van der Waals surface area (Å²) in [6.07, 6.45) is 1.96. The van der Waals surface area contributed by atoms with Crippen LogP contribution in [-0.2, 0) is 27.3 Å². The van der Waals surface area contributed by atoms with Crippen molar-refractivity contribution in [3.63, 3.8) is 0 Å². The molecule has 0 fully saturated rings. The molecule has 0 aliphatic carbocycles. The molecule has 2 N–H and O–H groups in total. The molecule has 0 aromatic carbocycles. The van der Waals surface area contributed by atoms with Crippen LogP contribution < -0.4 is 10.6 Å². The normalized spacial score (nSPS) is 11.8. The van der Waals surface area contributed by atoms with Crippen molar-refractivity contribution in [3.8, 4) is 0 Å². The molecule has 3 rings (SSSR count). The van der Waals surface area contributed by atoms with Gasteiger partial charge in [0.05, 0.1) is 0 Å². The van der Waals surface area contributed by atoms with Crippen LogP contribution in [0.25, 0.3) is 0 Å². The number of carbonyl (C=O) groups is 1. The SMILES string of the molecule is Cn1ccnc1C(NC(=O)Nc1cc(C(F)(F)F)nn1C)c1nccn1C. The van der Waals surface area contributed by atoms with E-state index in [-0.39, 0.29) is 5.82 Å². The zero-order valence-corrected chi connectivity index (χ0v) is 14.7. The number of rotatable bonds is 4. The van der Waals surface area contributed by atoms with Gasteiger partial charge in [0.15, 0.2) is 5.69 Å². The number of alkyl halides is 3. The summed E-state index contributed by atoms with van der Waals surface area (Å²) in [7, 11) is 4.82. The predicted molar refractivity (Wildman–Crippen MR) is 88.6 cm³/mol. The number of anilines is 1. The molecular formula is C15H17F3N8O. The molecule has 27 heavy (non-hydrogen) atoms. The first kappa shape index (κ1) is 18.5. The van der Waals surface area contributed by atoms with E-state index in [2.05, 4.69) is 25.7 Å². The van der Waals surface area contributed by atoms with Crippen molar-refractivity contribution in [2.45, 2.75) is 12.2 Å². The molecule has 0 spiro atoms. The van der Waals surface area contributed by atoms with Crippen LogP contribution in [0, 0.1) is 0 Å². The number of carbonyl (C=O) groups excluding carboxylic acids is 1. The minimum Gasteiger partial charge on any atom is -0.336 e. The molecule has 12 heteroatoms. The van der Waals surface area contributed by atoms with Crippen LogP contribution in [0.2, 0.25) is 0 Å². The summed E-state index contributed by atoms with van der Waals surface area (Å²) < 4.78 is 42.7. The van der Waals surface area contributed by atoms with Crippen LogP contribution in [0.4, 0.5) is 23.8 Å². The summed E-state index contributed by atoms with van der Waals surface area (Å²) in [6.45, 7) is 0.